The molecule has 4 rings (SSSR count). The predicted octanol–water partition coefficient (Wildman–Crippen LogP) is 4.13. The van der Waals surface area contributed by atoms with Crippen LogP contribution >= 0.6 is 13.5 Å². The van der Waals surface area contributed by atoms with Gasteiger partial charge in [0, 0.05) is 37.6 Å². The van der Waals surface area contributed by atoms with Crippen molar-refractivity contribution in [3.63, 3.8) is 0 Å². The van der Waals surface area contributed by atoms with Gasteiger partial charge >= 0.3 is 6.18 Å². The molecule has 0 radical (unpaired) electrons. The number of halogens is 3. The number of nitrogens with zero attached hydrogens (tertiary/aromatic N) is 6. The smallest absolute Gasteiger partial charge is 0.397 e. The van der Waals surface area contributed by atoms with Gasteiger partial charge in [-0.3, -0.25) is 9.48 Å². The van der Waals surface area contributed by atoms with Crippen LogP contribution in [0.1, 0.15) is 57.1 Å². The molecule has 42 heavy (non-hydrogen) atoms. The highest BCUT2D eigenvalue weighted by Crippen LogP contribution is 2.39. The van der Waals surface area contributed by atoms with Crippen molar-refractivity contribution in [2.45, 2.75) is 64.6 Å². The number of amides is 1. The molecule has 1 N–H and O–H groups in total. The predicted molar refractivity (Wildman–Crippen MR) is 155 cm³/mol. The Bertz CT molecular complexity index is 1570. The molecule has 16 heteroatoms. The number of hydrogen-bond donors (Lipinski definition) is 1. The van der Waals surface area contributed by atoms with Crippen molar-refractivity contribution in [2.75, 3.05) is 18.1 Å². The summed E-state index contributed by atoms with van der Waals surface area (Å²) in [6.07, 6.45) is -0.853. The van der Waals surface area contributed by atoms with Gasteiger partial charge in [-0.25, -0.2) is 22.8 Å². The number of anilines is 1. The minimum atomic E-state index is -4.45. The number of sulfonamides is 1. The number of aromatic nitrogens is 5. The van der Waals surface area contributed by atoms with E-state index in [1.807, 2.05) is 18.7 Å². The molecule has 0 saturated carbocycles. The number of hydrogen-bond acceptors (Lipinski definition) is 8. The van der Waals surface area contributed by atoms with E-state index in [1.165, 1.54) is 46.9 Å². The zero-order valence-corrected chi connectivity index (χ0v) is 26.3. The summed E-state index contributed by atoms with van der Waals surface area (Å²) < 4.78 is 75.8. The molecule has 1 fully saturated rings. The van der Waals surface area contributed by atoms with Gasteiger partial charge < -0.3 is 9.64 Å². The number of pyridine rings is 1. The van der Waals surface area contributed by atoms with Crippen LogP contribution in [0.3, 0.4) is 0 Å². The summed E-state index contributed by atoms with van der Waals surface area (Å²) in [6.45, 7) is 9.62. The summed E-state index contributed by atoms with van der Waals surface area (Å²) in [5.41, 5.74) is -2.20. The fourth-order valence-corrected chi connectivity index (χ4v) is 6.02. The van der Waals surface area contributed by atoms with E-state index in [1.54, 1.807) is 7.05 Å². The van der Waals surface area contributed by atoms with E-state index in [2.05, 4.69) is 26.8 Å². The third-order valence-corrected chi connectivity index (χ3v) is 8.50. The molecule has 0 spiro atoms. The van der Waals surface area contributed by atoms with Crippen molar-refractivity contribution in [3.05, 3.63) is 41.9 Å². The van der Waals surface area contributed by atoms with Crippen molar-refractivity contribution in [1.82, 2.24) is 29.3 Å². The van der Waals surface area contributed by atoms with E-state index in [9.17, 15) is 26.4 Å². The van der Waals surface area contributed by atoms with E-state index in [0.717, 1.165) is 20.3 Å². The van der Waals surface area contributed by atoms with Crippen LogP contribution in [0.5, 0.6) is 5.88 Å². The van der Waals surface area contributed by atoms with Crippen molar-refractivity contribution in [2.24, 2.45) is 18.4 Å². The monoisotopic (exact) mass is 631 g/mol. The van der Waals surface area contributed by atoms with Crippen molar-refractivity contribution < 1.29 is 31.1 Å². The normalized spacial score (nSPS) is 17.2. The van der Waals surface area contributed by atoms with Crippen LogP contribution in [-0.4, -0.2) is 63.7 Å². The highest BCUT2D eigenvalue weighted by atomic mass is 32.2. The Kier molecular flexibility index (Phi) is 9.05. The fraction of sp³-hybridized carbons (Fsp3) is 0.538. The molecular formula is C26H36F3N7O4S2. The average molecular weight is 632 g/mol. The maximum Gasteiger partial charge on any atom is 0.397 e. The van der Waals surface area contributed by atoms with Crippen LogP contribution in [0.25, 0.3) is 5.82 Å². The topological polar surface area (TPSA) is 124 Å². The Hall–Kier alpha value is -3.27. The number of carbonyl (C=O) groups is 1. The third-order valence-electron chi connectivity index (χ3n) is 7.07. The Balaban J connectivity index is 0.00000484. The second-order valence-corrected chi connectivity index (χ2v) is 13.4. The minimum absolute atomic E-state index is 0. The highest BCUT2D eigenvalue weighted by Gasteiger charge is 2.48. The zero-order chi connectivity index (χ0) is 30.5. The second-order valence-electron chi connectivity index (χ2n) is 11.7. The first-order valence-corrected chi connectivity index (χ1v) is 14.4. The molecule has 232 valence electrons. The summed E-state index contributed by atoms with van der Waals surface area (Å²) in [6, 6.07) is 4.34. The third kappa shape index (κ3) is 6.69. The Morgan fingerprint density at radius 1 is 1.19 bits per heavy atom. The first kappa shape index (κ1) is 33.2. The Morgan fingerprint density at radius 3 is 2.40 bits per heavy atom. The number of rotatable bonds is 8. The molecule has 1 saturated heterocycles. The number of alkyl halides is 3. The fourth-order valence-electron chi connectivity index (χ4n) is 4.83. The van der Waals surface area contributed by atoms with Crippen molar-refractivity contribution in [3.8, 4) is 11.7 Å². The van der Waals surface area contributed by atoms with Crippen LogP contribution in [0.2, 0.25) is 0 Å². The Labute approximate surface area is 249 Å². The summed E-state index contributed by atoms with van der Waals surface area (Å²) >= 11 is 0. The molecule has 0 aliphatic carbocycles. The van der Waals surface area contributed by atoms with Gasteiger partial charge in [-0.15, -0.1) is 5.10 Å². The molecular weight excluding hydrogens is 595 g/mol. The second kappa shape index (κ2) is 11.4. The molecule has 3 aromatic heterocycles. The number of ether oxygens (including phenoxy) is 1. The van der Waals surface area contributed by atoms with Crippen LogP contribution < -0.4 is 14.4 Å². The quantitative estimate of drug-likeness (QED) is 0.394. The largest absolute Gasteiger partial charge is 0.476 e. The lowest BCUT2D eigenvalue weighted by atomic mass is 9.94. The van der Waals surface area contributed by atoms with E-state index in [0.29, 0.717) is 6.54 Å². The molecule has 11 nitrogen and oxygen atoms in total. The van der Waals surface area contributed by atoms with Gasteiger partial charge in [-0.05, 0) is 59.1 Å². The SMILES string of the molecule is Cc1nn(C)cc1S(=O)(=O)NC(=O)c1ccc(-n2ccc(OCC(C)(C)C(F)(F)F)n2)nc1N1C[C@@H](C)CC1(C)C.S. The van der Waals surface area contributed by atoms with Gasteiger partial charge in [-0.1, -0.05) is 6.92 Å². The van der Waals surface area contributed by atoms with Crippen LogP contribution in [0, 0.1) is 18.3 Å². The van der Waals surface area contributed by atoms with Crippen molar-refractivity contribution in [1.29, 1.82) is 0 Å². The molecule has 0 unspecified atom stereocenters. The standard InChI is InChI=1S/C26H34F3N7O4S.H2S/c1-16-12-25(5,6)35(13-16)22-18(23(37)33-41(38,39)19-14-34(7)31-17(19)2)8-9-20(30-22)36-11-10-21(32-36)40-15-24(3,4)26(27,28)29;/h8-11,14,16H,12-13,15H2,1-7H3,(H,33,37);1H2/t16-;/m0./s1. The molecule has 3 aromatic rings. The van der Waals surface area contributed by atoms with E-state index < -0.39 is 39.7 Å². The molecule has 1 amide bonds. The summed E-state index contributed by atoms with van der Waals surface area (Å²) in [7, 11) is -2.65. The molecule has 0 aromatic carbocycles. The highest BCUT2D eigenvalue weighted by molar-refractivity contribution is 7.90. The number of carbonyl (C=O) groups excluding carboxylic acids is 1. The van der Waals surface area contributed by atoms with Gasteiger partial charge in [0.2, 0.25) is 5.88 Å². The summed E-state index contributed by atoms with van der Waals surface area (Å²) in [5.74, 6) is -0.0988. The molecule has 4 heterocycles. The zero-order valence-electron chi connectivity index (χ0n) is 24.4. The lowest BCUT2D eigenvalue weighted by Gasteiger charge is -2.34. The van der Waals surface area contributed by atoms with Gasteiger partial charge in [0.25, 0.3) is 15.9 Å². The van der Waals surface area contributed by atoms with E-state index in [-0.39, 0.29) is 53.1 Å². The minimum Gasteiger partial charge on any atom is -0.476 e. The summed E-state index contributed by atoms with van der Waals surface area (Å²) in [5, 5.41) is 8.25. The number of aryl methyl sites for hydroxylation is 2. The molecule has 1 aliphatic heterocycles. The molecule has 1 atom stereocenters. The van der Waals surface area contributed by atoms with Crippen LogP contribution in [-0.2, 0) is 17.1 Å². The maximum atomic E-state index is 13.4. The van der Waals surface area contributed by atoms with Gasteiger partial charge in [-0.2, -0.15) is 31.8 Å². The Morgan fingerprint density at radius 2 is 1.86 bits per heavy atom. The van der Waals surface area contributed by atoms with Crippen molar-refractivity contribution >= 4 is 35.2 Å². The number of nitrogens with one attached hydrogen (secondary N) is 1. The molecule has 1 aliphatic rings. The van der Waals surface area contributed by atoms with E-state index in [4.69, 9.17) is 4.74 Å². The molecule has 0 bridgehead atoms. The lowest BCUT2D eigenvalue weighted by Crippen LogP contribution is -2.41. The summed E-state index contributed by atoms with van der Waals surface area (Å²) in [4.78, 5) is 19.9. The lowest BCUT2D eigenvalue weighted by molar-refractivity contribution is -0.219. The van der Waals surface area contributed by atoms with Gasteiger partial charge in [0.15, 0.2) is 5.82 Å². The maximum absolute atomic E-state index is 13.4. The first-order valence-electron chi connectivity index (χ1n) is 12.9. The first-order chi connectivity index (χ1) is 18.8. The van der Waals surface area contributed by atoms with Gasteiger partial charge in [0.1, 0.15) is 17.3 Å². The average Bonchev–Trinajstić information content (AvgIpc) is 3.52. The van der Waals surface area contributed by atoms with Gasteiger partial charge in [0.05, 0.1) is 16.7 Å². The van der Waals surface area contributed by atoms with Crippen LogP contribution in [0.4, 0.5) is 19.0 Å². The van der Waals surface area contributed by atoms with E-state index >= 15 is 0 Å². The van der Waals surface area contributed by atoms with Crippen LogP contribution in [0.15, 0.2) is 35.5 Å².